The van der Waals surface area contributed by atoms with Crippen LogP contribution in [0.5, 0.6) is 0 Å². The summed E-state index contributed by atoms with van der Waals surface area (Å²) in [5.74, 6) is -0.605. The summed E-state index contributed by atoms with van der Waals surface area (Å²) >= 11 is 0. The maximum Gasteiger partial charge on any atom is 0.418 e. The van der Waals surface area contributed by atoms with E-state index in [1.807, 2.05) is 21.6 Å². The molecule has 27 heteroatoms. The molecule has 3 aliphatic rings. The molecule has 0 aromatic carbocycles. The predicted molar refractivity (Wildman–Crippen MR) is 358 cm³/mol. The van der Waals surface area contributed by atoms with Gasteiger partial charge in [-0.05, 0) is 122 Å². The van der Waals surface area contributed by atoms with E-state index >= 15 is 0 Å². The first kappa shape index (κ1) is 72.1. The van der Waals surface area contributed by atoms with Crippen molar-refractivity contribution < 1.29 is 63.9 Å². The number of nitrogens with two attached hydrogens (primary N) is 3. The summed E-state index contributed by atoms with van der Waals surface area (Å²) in [5, 5.41) is 10.4. The van der Waals surface area contributed by atoms with E-state index in [9.17, 15) is 53.9 Å². The fraction of sp³-hybridized carbons (Fsp3) is 0.470. The van der Waals surface area contributed by atoms with E-state index in [4.69, 9.17) is 17.2 Å². The van der Waals surface area contributed by atoms with Crippen molar-refractivity contribution in [1.29, 1.82) is 0 Å². The highest BCUT2D eigenvalue weighted by Gasteiger charge is 2.41. The van der Waals surface area contributed by atoms with Gasteiger partial charge < -0.3 is 47.9 Å². The number of aromatic nitrogens is 6. The Kier molecular flexibility index (Phi) is 24.1. The lowest BCUT2D eigenvalue weighted by atomic mass is 9.98. The molecule has 9 rings (SSSR count). The lowest BCUT2D eigenvalue weighted by Gasteiger charge is -2.40. The molecule has 0 spiro atoms. The van der Waals surface area contributed by atoms with Crippen LogP contribution in [0, 0.1) is 17.8 Å². The average molecular weight is 1320 g/mol. The number of halogens is 9. The summed E-state index contributed by atoms with van der Waals surface area (Å²) in [6.07, 6.45) is -4.20. The smallest absolute Gasteiger partial charge is 0.383 e. The second-order valence-electron chi connectivity index (χ2n) is 24.6. The molecular weight excluding hydrogens is 1220 g/mol. The lowest BCUT2D eigenvalue weighted by Crippen LogP contribution is -2.57. The molecule has 0 saturated carbocycles. The first-order valence-corrected chi connectivity index (χ1v) is 31.0. The Hall–Kier alpha value is -8.30. The van der Waals surface area contributed by atoms with Gasteiger partial charge in [-0.15, -0.1) is 0 Å². The van der Waals surface area contributed by atoms with Gasteiger partial charge in [0.25, 0.3) is 0 Å². The molecule has 516 valence electrons. The number of hydrogen-bond acceptors (Lipinski definition) is 18. The largest absolute Gasteiger partial charge is 0.418 e. The number of piperazine rings is 3. The van der Waals surface area contributed by atoms with Crippen LogP contribution in [0.3, 0.4) is 0 Å². The predicted octanol–water partition coefficient (Wildman–Crippen LogP) is 13.1. The number of carbonyl (C=O) groups is 3. The van der Waals surface area contributed by atoms with Crippen LogP contribution in [0.4, 0.5) is 74.4 Å². The zero-order chi connectivity index (χ0) is 68.3. The van der Waals surface area contributed by atoms with Gasteiger partial charge in [0, 0.05) is 105 Å². The van der Waals surface area contributed by atoms with Crippen molar-refractivity contribution in [3.63, 3.8) is 0 Å². The standard InChI is InChI=1S/C22H28F3N5O.C22H26F3N5O.C22H28F3N5O.7H2/c2*1-4-14-10-16(21(26)28-11-14)20(31)19-17(22(23,24)25)5-6-18(29-19)30-8-7-27-15(12-30)9-13(2)3;1-4-14-11-30(12-15(28-14)10-13(2)3)18-8-7-17(22(23,24)25)19(29-18)20(31)16-6-5-9-27-21(16)26;;;;;;;/h5-6,10-11,13,15,27H,4,7-9,12H2,1-3H3,(H2,26,28);4-6,10-11,13,15,27H,1,7-9,12H2,2-3H3,(H2,26,28);5-9,13-15,28H,4,10-12H2,1-3H3,(H2,26,27);7*1H/t2*15-;14-,15+;;;;;;;/m001......./s1. The fourth-order valence-electron chi connectivity index (χ4n) is 11.5. The van der Waals surface area contributed by atoms with Gasteiger partial charge in [0.2, 0.25) is 17.3 Å². The summed E-state index contributed by atoms with van der Waals surface area (Å²) < 4.78 is 123. The third kappa shape index (κ3) is 19.0. The van der Waals surface area contributed by atoms with E-state index in [1.165, 1.54) is 67.1 Å². The second-order valence-corrected chi connectivity index (χ2v) is 24.6. The molecule has 0 aliphatic carbocycles. The number of alkyl halides is 9. The minimum atomic E-state index is -4.74. The summed E-state index contributed by atoms with van der Waals surface area (Å²) in [7, 11) is 0. The molecule has 9 N–H and O–H groups in total. The fourth-order valence-corrected chi connectivity index (χ4v) is 11.5. The Labute approximate surface area is 546 Å². The van der Waals surface area contributed by atoms with E-state index in [2.05, 4.69) is 101 Å². The van der Waals surface area contributed by atoms with E-state index < -0.39 is 69.7 Å². The molecule has 0 amide bonds. The highest BCUT2D eigenvalue weighted by Crippen LogP contribution is 2.38. The number of aryl methyl sites for hydroxylation is 1. The van der Waals surface area contributed by atoms with Gasteiger partial charge in [-0.2, -0.15) is 39.5 Å². The van der Waals surface area contributed by atoms with Crippen LogP contribution < -0.4 is 47.9 Å². The molecule has 3 saturated heterocycles. The number of nitrogen functional groups attached to an aromatic ring is 3. The van der Waals surface area contributed by atoms with Crippen molar-refractivity contribution in [3.05, 3.63) is 147 Å². The van der Waals surface area contributed by atoms with Crippen LogP contribution in [0.15, 0.2) is 85.8 Å². The van der Waals surface area contributed by atoms with Crippen LogP contribution in [0.1, 0.15) is 167 Å². The Morgan fingerprint density at radius 1 is 0.559 bits per heavy atom. The van der Waals surface area contributed by atoms with E-state index in [1.54, 1.807) is 0 Å². The number of rotatable bonds is 18. The van der Waals surface area contributed by atoms with Gasteiger partial charge in [0.1, 0.15) is 52.0 Å². The normalized spacial score (nSPS) is 18.0. The quantitative estimate of drug-likeness (QED) is 0.0345. The van der Waals surface area contributed by atoms with Gasteiger partial charge in [-0.25, -0.2) is 29.9 Å². The molecule has 3 aliphatic heterocycles. The van der Waals surface area contributed by atoms with Crippen LogP contribution >= 0.6 is 0 Å². The van der Waals surface area contributed by atoms with E-state index in [0.717, 1.165) is 43.9 Å². The van der Waals surface area contributed by atoms with Crippen LogP contribution in [0.25, 0.3) is 6.08 Å². The molecule has 0 radical (unpaired) electrons. The third-order valence-electron chi connectivity index (χ3n) is 15.9. The van der Waals surface area contributed by atoms with Crippen molar-refractivity contribution in [1.82, 2.24) is 45.9 Å². The van der Waals surface area contributed by atoms with Gasteiger partial charge in [-0.3, -0.25) is 14.4 Å². The number of anilines is 6. The third-order valence-corrected chi connectivity index (χ3v) is 15.9. The molecule has 0 unspecified atom stereocenters. The zero-order valence-corrected chi connectivity index (χ0v) is 53.4. The SMILES string of the molecule is C=Cc1cnc(N)c(C(=O)c2nc(N3CCN[C@@H](CC(C)C)C3)ccc2C(F)(F)F)c1.CC[C@@H]1CN(c2ccc(C(F)(F)F)c(C(=O)c3cccnc3N)n2)C[C@H](CC(C)C)N1.CCc1cnc(N)c(C(=O)c2nc(N3CCN[C@@H](CC(C)C)C3)ccc2C(F)(F)F)c1.[HH].[HH].[HH].[HH].[HH].[HH].[HH]. The Morgan fingerprint density at radius 3 is 1.38 bits per heavy atom. The van der Waals surface area contributed by atoms with Crippen molar-refractivity contribution in [3.8, 4) is 0 Å². The summed E-state index contributed by atoms with van der Waals surface area (Å²) in [5.41, 5.74) is 13.0. The van der Waals surface area contributed by atoms with E-state index in [-0.39, 0.29) is 68.3 Å². The summed E-state index contributed by atoms with van der Waals surface area (Å²) in [6.45, 7) is 25.2. The molecule has 93 heavy (non-hydrogen) atoms. The number of carbonyl (C=O) groups excluding carboxylic acids is 3. The molecule has 6 aromatic heterocycles. The van der Waals surface area contributed by atoms with Crippen molar-refractivity contribution >= 4 is 58.3 Å². The first-order chi connectivity index (χ1) is 43.8. The first-order valence-electron chi connectivity index (χ1n) is 31.0. The Balaban J connectivity index is 0.00000142. The minimum Gasteiger partial charge on any atom is -0.383 e. The maximum atomic E-state index is 13.7. The Bertz CT molecular complexity index is 3620. The van der Waals surface area contributed by atoms with Crippen LogP contribution in [0.2, 0.25) is 0 Å². The minimum absolute atomic E-state index is 0. The number of hydrogen-bond donors (Lipinski definition) is 6. The maximum absolute atomic E-state index is 13.7. The molecule has 9 heterocycles. The molecule has 0 bridgehead atoms. The molecule has 18 nitrogen and oxygen atoms in total. The van der Waals surface area contributed by atoms with E-state index in [0.29, 0.717) is 105 Å². The topological polar surface area (TPSA) is 252 Å². The molecular formula is C66H96F9N15O3. The molecule has 6 aromatic rings. The average Bonchev–Trinajstić information content (AvgIpc) is 0.793. The second kappa shape index (κ2) is 31.1. The van der Waals surface area contributed by atoms with Gasteiger partial charge >= 0.3 is 18.5 Å². The van der Waals surface area contributed by atoms with Gasteiger partial charge in [0.15, 0.2) is 0 Å². The monoisotopic (exact) mass is 1320 g/mol. The number of ketones is 3. The highest BCUT2D eigenvalue weighted by molar-refractivity contribution is 6.13. The number of pyridine rings is 6. The summed E-state index contributed by atoms with van der Waals surface area (Å²) in [6, 6.07) is 13.2. The van der Waals surface area contributed by atoms with Gasteiger partial charge in [0.05, 0.1) is 33.4 Å². The number of nitrogens with one attached hydrogen (secondary N) is 3. The molecule has 3 fully saturated rings. The van der Waals surface area contributed by atoms with Crippen molar-refractivity contribution in [2.75, 3.05) is 84.3 Å². The lowest BCUT2D eigenvalue weighted by molar-refractivity contribution is -0.138. The van der Waals surface area contributed by atoms with Gasteiger partial charge in [-0.1, -0.05) is 68.0 Å². The van der Waals surface area contributed by atoms with Crippen molar-refractivity contribution in [2.45, 2.75) is 130 Å². The van der Waals surface area contributed by atoms with Crippen LogP contribution in [-0.2, 0) is 24.9 Å². The van der Waals surface area contributed by atoms with Crippen LogP contribution in [-0.4, -0.2) is 124 Å². The molecule has 4 atom stereocenters. The zero-order valence-electron chi connectivity index (χ0n) is 53.4. The summed E-state index contributed by atoms with van der Waals surface area (Å²) in [4.78, 5) is 69.3. The van der Waals surface area contributed by atoms with Crippen molar-refractivity contribution in [2.24, 2.45) is 17.8 Å². The highest BCUT2D eigenvalue weighted by atomic mass is 19.4. The Morgan fingerprint density at radius 2 is 0.957 bits per heavy atom. The number of nitrogens with zero attached hydrogens (tertiary/aromatic N) is 9.